The van der Waals surface area contributed by atoms with Gasteiger partial charge in [-0.3, -0.25) is 4.79 Å². The summed E-state index contributed by atoms with van der Waals surface area (Å²) in [7, 11) is 0. The van der Waals surface area contributed by atoms with Gasteiger partial charge in [0.05, 0.1) is 11.8 Å². The molecule has 2 rings (SSSR count). The number of aliphatic carboxylic acids is 1. The molecule has 1 saturated heterocycles. The van der Waals surface area contributed by atoms with Gasteiger partial charge in [0.1, 0.15) is 12.4 Å². The van der Waals surface area contributed by atoms with Crippen LogP contribution in [0.2, 0.25) is 0 Å². The van der Waals surface area contributed by atoms with Crippen LogP contribution in [0.4, 0.5) is 9.18 Å². The van der Waals surface area contributed by atoms with Crippen LogP contribution in [0.15, 0.2) is 42.7 Å². The van der Waals surface area contributed by atoms with Crippen molar-refractivity contribution in [1.82, 2.24) is 4.90 Å². The van der Waals surface area contributed by atoms with E-state index in [0.29, 0.717) is 0 Å². The van der Waals surface area contributed by atoms with Crippen molar-refractivity contribution >= 4 is 12.1 Å². The highest BCUT2D eigenvalue weighted by atomic mass is 19.1. The Balaban J connectivity index is 1.86. The first kappa shape index (κ1) is 15.0. The molecule has 0 aliphatic carbocycles. The van der Waals surface area contributed by atoms with E-state index in [-0.39, 0.29) is 26.1 Å². The minimum Gasteiger partial charge on any atom is -0.481 e. The molecule has 1 aliphatic rings. The number of carbonyl (C=O) groups excluding carboxylic acids is 1. The summed E-state index contributed by atoms with van der Waals surface area (Å²) < 4.78 is 18.5. The lowest BCUT2D eigenvalue weighted by Crippen LogP contribution is -2.59. The number of benzene rings is 1. The minimum absolute atomic E-state index is 0.0255. The molecule has 0 bridgehead atoms. The third kappa shape index (κ3) is 3.39. The lowest BCUT2D eigenvalue weighted by Gasteiger charge is -2.47. The molecule has 0 spiro atoms. The molecular formula is C15H16FNO4. The molecule has 1 heterocycles. The molecule has 5 nitrogen and oxygen atoms in total. The van der Waals surface area contributed by atoms with Crippen LogP contribution in [0, 0.1) is 5.41 Å². The zero-order valence-corrected chi connectivity index (χ0v) is 11.4. The number of nitrogens with zero attached hydrogens (tertiary/aromatic N) is 1. The minimum atomic E-state index is -1.18. The Morgan fingerprint density at radius 1 is 1.33 bits per heavy atom. The van der Waals surface area contributed by atoms with Gasteiger partial charge in [0.2, 0.25) is 0 Å². The van der Waals surface area contributed by atoms with Crippen molar-refractivity contribution < 1.29 is 23.8 Å². The van der Waals surface area contributed by atoms with E-state index in [4.69, 9.17) is 9.84 Å². The van der Waals surface area contributed by atoms with Crippen molar-refractivity contribution in [3.8, 4) is 0 Å². The van der Waals surface area contributed by atoms with Crippen molar-refractivity contribution in [2.24, 2.45) is 5.41 Å². The number of carboxylic acid groups (broad SMARTS) is 1. The van der Waals surface area contributed by atoms with Crippen LogP contribution in [0.1, 0.15) is 12.0 Å². The van der Waals surface area contributed by atoms with Crippen molar-refractivity contribution in [2.75, 3.05) is 13.1 Å². The van der Waals surface area contributed by atoms with Crippen LogP contribution in [0.25, 0.3) is 0 Å². The monoisotopic (exact) mass is 293 g/mol. The van der Waals surface area contributed by atoms with Crippen LogP contribution in [-0.2, 0) is 16.1 Å². The summed E-state index contributed by atoms with van der Waals surface area (Å²) >= 11 is 0. The largest absolute Gasteiger partial charge is 0.481 e. The van der Waals surface area contributed by atoms with Gasteiger partial charge in [-0.2, -0.15) is 0 Å². The van der Waals surface area contributed by atoms with Gasteiger partial charge in [0.25, 0.3) is 0 Å². The van der Waals surface area contributed by atoms with Crippen LogP contribution >= 0.6 is 0 Å². The van der Waals surface area contributed by atoms with Gasteiger partial charge in [0, 0.05) is 13.1 Å². The molecule has 0 aromatic heterocycles. The first-order valence-corrected chi connectivity index (χ1v) is 6.45. The summed E-state index contributed by atoms with van der Waals surface area (Å²) in [6.45, 7) is 3.25. The number of ether oxygens (including phenoxy) is 1. The highest BCUT2D eigenvalue weighted by Gasteiger charge is 2.50. The Bertz CT molecular complexity index is 552. The van der Waals surface area contributed by atoms with E-state index in [2.05, 4.69) is 6.58 Å². The molecule has 1 aromatic carbocycles. The third-order valence-corrected chi connectivity index (χ3v) is 3.52. The third-order valence-electron chi connectivity index (χ3n) is 3.52. The number of carboxylic acids is 1. The van der Waals surface area contributed by atoms with E-state index >= 15 is 0 Å². The molecule has 1 fully saturated rings. The van der Waals surface area contributed by atoms with Gasteiger partial charge in [-0.25, -0.2) is 9.18 Å². The van der Waals surface area contributed by atoms with Crippen LogP contribution in [0.3, 0.4) is 0 Å². The van der Waals surface area contributed by atoms with E-state index in [9.17, 15) is 14.0 Å². The Morgan fingerprint density at radius 2 is 1.95 bits per heavy atom. The highest BCUT2D eigenvalue weighted by Crippen LogP contribution is 2.41. The summed E-state index contributed by atoms with van der Waals surface area (Å²) in [5.74, 6) is -1.83. The molecule has 1 amide bonds. The molecule has 1 N–H and O–H groups in total. The van der Waals surface area contributed by atoms with Gasteiger partial charge in [-0.15, -0.1) is 0 Å². The van der Waals surface area contributed by atoms with Crippen LogP contribution in [-0.4, -0.2) is 35.2 Å². The maximum atomic E-state index is 13.4. The summed E-state index contributed by atoms with van der Waals surface area (Å²) in [6.07, 6.45) is -0.966. The fourth-order valence-corrected chi connectivity index (χ4v) is 2.29. The second-order valence-electron chi connectivity index (χ2n) is 5.15. The number of carbonyl (C=O) groups is 2. The second kappa shape index (κ2) is 5.95. The Kier molecular flexibility index (Phi) is 4.26. The van der Waals surface area contributed by atoms with E-state index in [0.717, 1.165) is 5.56 Å². The quantitative estimate of drug-likeness (QED) is 0.906. The summed E-state index contributed by atoms with van der Waals surface area (Å²) in [5.41, 5.74) is -0.337. The molecule has 0 unspecified atom stereocenters. The Labute approximate surface area is 121 Å². The predicted molar refractivity (Wildman–Crippen MR) is 73.1 cm³/mol. The lowest BCUT2D eigenvalue weighted by molar-refractivity contribution is -0.142. The first-order valence-electron chi connectivity index (χ1n) is 6.45. The fraction of sp³-hybridized carbons (Fsp3) is 0.333. The van der Waals surface area contributed by atoms with E-state index < -0.39 is 23.3 Å². The molecule has 0 atom stereocenters. The number of rotatable bonds is 5. The summed E-state index contributed by atoms with van der Waals surface area (Å²) in [6, 6.07) is 9.16. The molecule has 112 valence electrons. The summed E-state index contributed by atoms with van der Waals surface area (Å²) in [5, 5.41) is 8.80. The fourth-order valence-electron chi connectivity index (χ4n) is 2.29. The van der Waals surface area contributed by atoms with Gasteiger partial charge in [-0.05, 0) is 5.56 Å². The van der Waals surface area contributed by atoms with Crippen molar-refractivity contribution in [1.29, 1.82) is 0 Å². The van der Waals surface area contributed by atoms with Crippen LogP contribution in [0.5, 0.6) is 0 Å². The van der Waals surface area contributed by atoms with Crippen molar-refractivity contribution in [3.05, 3.63) is 48.3 Å². The lowest BCUT2D eigenvalue weighted by atomic mass is 9.76. The molecule has 21 heavy (non-hydrogen) atoms. The molecule has 1 aliphatic heterocycles. The maximum Gasteiger partial charge on any atom is 0.410 e. The number of halogens is 1. The van der Waals surface area contributed by atoms with E-state index in [1.54, 1.807) is 0 Å². The number of hydrogen-bond acceptors (Lipinski definition) is 3. The predicted octanol–water partition coefficient (Wildman–Crippen LogP) is 2.58. The van der Waals surface area contributed by atoms with Gasteiger partial charge in [0.15, 0.2) is 0 Å². The number of amides is 1. The van der Waals surface area contributed by atoms with E-state index in [1.165, 1.54) is 4.90 Å². The number of likely N-dealkylation sites (tertiary alicyclic amines) is 1. The normalized spacial score (nSPS) is 16.0. The second-order valence-corrected chi connectivity index (χ2v) is 5.15. The molecule has 0 saturated carbocycles. The van der Waals surface area contributed by atoms with Crippen molar-refractivity contribution in [3.63, 3.8) is 0 Å². The SMILES string of the molecule is C=C(F)C1(CC(=O)O)CN(C(=O)OCc2ccccc2)C1. The molecule has 0 radical (unpaired) electrons. The zero-order chi connectivity index (χ0) is 15.5. The molecular weight excluding hydrogens is 277 g/mol. The van der Waals surface area contributed by atoms with Crippen molar-refractivity contribution in [2.45, 2.75) is 13.0 Å². The smallest absolute Gasteiger partial charge is 0.410 e. The standard InChI is InChI=1S/C15H16FNO4/c1-11(16)15(7-13(18)19)9-17(10-15)14(20)21-8-12-5-3-2-4-6-12/h2-6H,1,7-10H2,(H,18,19). The number of hydrogen-bond donors (Lipinski definition) is 1. The summed E-state index contributed by atoms with van der Waals surface area (Å²) in [4.78, 5) is 23.8. The van der Waals surface area contributed by atoms with Gasteiger partial charge < -0.3 is 14.7 Å². The Morgan fingerprint density at radius 3 is 2.48 bits per heavy atom. The average Bonchev–Trinajstić information content (AvgIpc) is 2.40. The van der Waals surface area contributed by atoms with Gasteiger partial charge >= 0.3 is 12.1 Å². The highest BCUT2D eigenvalue weighted by molar-refractivity contribution is 5.72. The van der Waals surface area contributed by atoms with E-state index in [1.807, 2.05) is 30.3 Å². The van der Waals surface area contributed by atoms with Crippen LogP contribution < -0.4 is 0 Å². The zero-order valence-electron chi connectivity index (χ0n) is 11.4. The molecule has 6 heteroatoms. The Hall–Kier alpha value is -2.37. The maximum absolute atomic E-state index is 13.4. The first-order chi connectivity index (χ1) is 9.93. The van der Waals surface area contributed by atoms with Gasteiger partial charge in [-0.1, -0.05) is 36.9 Å². The average molecular weight is 293 g/mol. The topological polar surface area (TPSA) is 66.8 Å². The molecule has 1 aromatic rings.